The molecule has 1 heterocycles. The number of nitriles is 1. The summed E-state index contributed by atoms with van der Waals surface area (Å²) in [5, 5.41) is 9.26. The number of hydrogen-bond acceptors (Lipinski definition) is 3. The van der Waals surface area contributed by atoms with E-state index in [2.05, 4.69) is 0 Å². The fraction of sp³-hybridized carbons (Fsp3) is 0.364. The monoisotopic (exact) mass is 270 g/mol. The lowest BCUT2D eigenvalue weighted by atomic mass is 10.2. The predicted octanol–water partition coefficient (Wildman–Crippen LogP) is 2.00. The number of benzene rings is 1. The Hall–Kier alpha value is -1.09. The Morgan fingerprint density at radius 3 is 2.53 bits per heavy atom. The molecule has 6 heteroatoms. The molecule has 4 nitrogen and oxygen atoms in total. The summed E-state index contributed by atoms with van der Waals surface area (Å²) in [6, 6.07) is 6.18. The van der Waals surface area contributed by atoms with Gasteiger partial charge in [0.15, 0.2) is 0 Å². The lowest BCUT2D eigenvalue weighted by Crippen LogP contribution is -2.28. The van der Waals surface area contributed by atoms with Crippen molar-refractivity contribution in [3.8, 4) is 6.07 Å². The summed E-state index contributed by atoms with van der Waals surface area (Å²) in [6.45, 7) is 1.03. The fourth-order valence-electron chi connectivity index (χ4n) is 1.87. The second-order valence-corrected chi connectivity index (χ2v) is 6.21. The number of hydrogen-bond donors (Lipinski definition) is 0. The highest BCUT2D eigenvalue weighted by atomic mass is 35.5. The molecule has 0 atom stereocenters. The third kappa shape index (κ3) is 2.29. The molecule has 0 amide bonds. The van der Waals surface area contributed by atoms with Gasteiger partial charge in [0.1, 0.15) is 11.0 Å². The average Bonchev–Trinajstić information content (AvgIpc) is 2.83. The zero-order valence-corrected chi connectivity index (χ0v) is 10.6. The first-order chi connectivity index (χ1) is 8.05. The second-order valence-electron chi connectivity index (χ2n) is 3.86. The Labute approximate surface area is 105 Å². The van der Waals surface area contributed by atoms with Crippen LogP contribution in [0.25, 0.3) is 0 Å². The number of halogens is 1. The molecule has 0 radical (unpaired) electrons. The van der Waals surface area contributed by atoms with E-state index in [1.165, 1.54) is 22.5 Å². The molecule has 90 valence electrons. The van der Waals surface area contributed by atoms with Crippen LogP contribution in [0.3, 0.4) is 0 Å². The first kappa shape index (κ1) is 12.4. The van der Waals surface area contributed by atoms with Gasteiger partial charge in [-0.1, -0.05) is 11.6 Å². The molecule has 0 spiro atoms. The van der Waals surface area contributed by atoms with Gasteiger partial charge in [0.2, 0.25) is 10.0 Å². The third-order valence-electron chi connectivity index (χ3n) is 2.75. The highest BCUT2D eigenvalue weighted by molar-refractivity contribution is 7.89. The maximum Gasteiger partial charge on any atom is 0.244 e. The lowest BCUT2D eigenvalue weighted by molar-refractivity contribution is 0.477. The van der Waals surface area contributed by atoms with Crippen LogP contribution < -0.4 is 0 Å². The molecule has 0 unspecified atom stereocenters. The Morgan fingerprint density at radius 2 is 1.94 bits per heavy atom. The summed E-state index contributed by atoms with van der Waals surface area (Å²) in [4.78, 5) is 0.00870. The normalized spacial score (nSPS) is 16.9. The minimum atomic E-state index is -3.58. The number of nitrogens with zero attached hydrogens (tertiary/aromatic N) is 2. The molecule has 0 aromatic heterocycles. The van der Waals surface area contributed by atoms with E-state index in [1.807, 2.05) is 6.07 Å². The zero-order valence-electron chi connectivity index (χ0n) is 9.06. The minimum Gasteiger partial charge on any atom is -0.207 e. The van der Waals surface area contributed by atoms with Crippen molar-refractivity contribution in [3.05, 3.63) is 28.8 Å². The molecule has 2 rings (SSSR count). The van der Waals surface area contributed by atoms with Gasteiger partial charge in [-0.2, -0.15) is 9.57 Å². The van der Waals surface area contributed by atoms with Gasteiger partial charge in [0.25, 0.3) is 0 Å². The van der Waals surface area contributed by atoms with E-state index in [-0.39, 0.29) is 10.5 Å². The molecular weight excluding hydrogens is 260 g/mol. The van der Waals surface area contributed by atoms with Crippen LogP contribution in [-0.4, -0.2) is 25.8 Å². The van der Waals surface area contributed by atoms with E-state index in [0.717, 1.165) is 12.8 Å². The smallest absolute Gasteiger partial charge is 0.207 e. The molecular formula is C11H11ClN2O2S. The quantitative estimate of drug-likeness (QED) is 0.826. The van der Waals surface area contributed by atoms with E-state index < -0.39 is 10.0 Å². The second kappa shape index (κ2) is 4.65. The molecule has 17 heavy (non-hydrogen) atoms. The Balaban J connectivity index is 2.52. The van der Waals surface area contributed by atoms with Crippen LogP contribution in [0.2, 0.25) is 5.02 Å². The molecule has 1 aromatic carbocycles. The molecule has 0 bridgehead atoms. The first-order valence-electron chi connectivity index (χ1n) is 5.25. The van der Waals surface area contributed by atoms with Gasteiger partial charge in [-0.3, -0.25) is 0 Å². The summed E-state index contributed by atoms with van der Waals surface area (Å²) < 4.78 is 26.0. The van der Waals surface area contributed by atoms with Crippen LogP contribution in [0, 0.1) is 11.3 Å². The SMILES string of the molecule is N#Cc1ccc(Cl)cc1S(=O)(=O)N1CCCC1. The van der Waals surface area contributed by atoms with Gasteiger partial charge >= 0.3 is 0 Å². The van der Waals surface area contributed by atoms with Crippen molar-refractivity contribution in [1.29, 1.82) is 5.26 Å². The maximum absolute atomic E-state index is 12.3. The number of rotatable bonds is 2. The van der Waals surface area contributed by atoms with Crippen LogP contribution in [0.1, 0.15) is 18.4 Å². The van der Waals surface area contributed by atoms with Gasteiger partial charge in [0, 0.05) is 18.1 Å². The maximum atomic E-state index is 12.3. The van der Waals surface area contributed by atoms with E-state index in [9.17, 15) is 8.42 Å². The lowest BCUT2D eigenvalue weighted by Gasteiger charge is -2.16. The van der Waals surface area contributed by atoms with E-state index in [1.54, 1.807) is 0 Å². The molecule has 1 aliphatic heterocycles. The van der Waals surface area contributed by atoms with Crippen molar-refractivity contribution < 1.29 is 8.42 Å². The topological polar surface area (TPSA) is 61.2 Å². The van der Waals surface area contributed by atoms with E-state index >= 15 is 0 Å². The molecule has 1 aromatic rings. The van der Waals surface area contributed by atoms with Crippen molar-refractivity contribution in [2.24, 2.45) is 0 Å². The largest absolute Gasteiger partial charge is 0.244 e. The average molecular weight is 271 g/mol. The molecule has 0 saturated carbocycles. The van der Waals surface area contributed by atoms with Crippen molar-refractivity contribution in [3.63, 3.8) is 0 Å². The molecule has 1 saturated heterocycles. The van der Waals surface area contributed by atoms with Crippen LogP contribution >= 0.6 is 11.6 Å². The van der Waals surface area contributed by atoms with Gasteiger partial charge in [-0.05, 0) is 31.0 Å². The molecule has 0 N–H and O–H groups in total. The summed E-state index contributed by atoms with van der Waals surface area (Å²) in [7, 11) is -3.58. The highest BCUT2D eigenvalue weighted by Crippen LogP contribution is 2.26. The van der Waals surface area contributed by atoms with Crippen LogP contribution in [0.5, 0.6) is 0 Å². The van der Waals surface area contributed by atoms with Crippen LogP contribution in [0.15, 0.2) is 23.1 Å². The summed E-state index contributed by atoms with van der Waals surface area (Å²) in [5.41, 5.74) is 0.140. The minimum absolute atomic E-state index is 0.00870. The molecule has 1 fully saturated rings. The summed E-state index contributed by atoms with van der Waals surface area (Å²) >= 11 is 5.79. The summed E-state index contributed by atoms with van der Waals surface area (Å²) in [6.07, 6.45) is 1.73. The van der Waals surface area contributed by atoms with E-state index in [0.29, 0.717) is 18.1 Å². The third-order valence-corrected chi connectivity index (χ3v) is 4.92. The Kier molecular flexibility index (Phi) is 3.38. The Morgan fingerprint density at radius 1 is 1.29 bits per heavy atom. The first-order valence-corrected chi connectivity index (χ1v) is 7.07. The predicted molar refractivity (Wildman–Crippen MR) is 64.2 cm³/mol. The highest BCUT2D eigenvalue weighted by Gasteiger charge is 2.29. The summed E-state index contributed by atoms with van der Waals surface area (Å²) in [5.74, 6) is 0. The number of sulfonamides is 1. The standard InChI is InChI=1S/C11H11ClN2O2S/c12-10-4-3-9(8-13)11(7-10)17(15,16)14-5-1-2-6-14/h3-4,7H,1-2,5-6H2. The van der Waals surface area contributed by atoms with Gasteiger partial charge in [-0.15, -0.1) is 0 Å². The van der Waals surface area contributed by atoms with Gasteiger partial charge in [0.05, 0.1) is 5.56 Å². The van der Waals surface area contributed by atoms with Crippen molar-refractivity contribution >= 4 is 21.6 Å². The van der Waals surface area contributed by atoms with Crippen molar-refractivity contribution in [1.82, 2.24) is 4.31 Å². The fourth-order valence-corrected chi connectivity index (χ4v) is 3.79. The van der Waals surface area contributed by atoms with Crippen molar-refractivity contribution in [2.45, 2.75) is 17.7 Å². The molecule has 1 aliphatic rings. The Bertz CT molecular complexity index is 572. The van der Waals surface area contributed by atoms with Gasteiger partial charge in [-0.25, -0.2) is 8.42 Å². The zero-order chi connectivity index (χ0) is 12.5. The van der Waals surface area contributed by atoms with Crippen LogP contribution in [-0.2, 0) is 10.0 Å². The molecule has 0 aliphatic carbocycles. The van der Waals surface area contributed by atoms with Crippen molar-refractivity contribution in [2.75, 3.05) is 13.1 Å². The van der Waals surface area contributed by atoms with E-state index in [4.69, 9.17) is 16.9 Å². The van der Waals surface area contributed by atoms with Crippen LogP contribution in [0.4, 0.5) is 0 Å². The van der Waals surface area contributed by atoms with Gasteiger partial charge < -0.3 is 0 Å².